The molecule has 4 unspecified atom stereocenters. The molecule has 4 aromatic carbocycles. The first-order valence-electron chi connectivity index (χ1n) is 43.5. The van der Waals surface area contributed by atoms with E-state index in [0.717, 1.165) is 177 Å². The lowest BCUT2D eigenvalue weighted by Crippen LogP contribution is -2.52. The molecule has 19 rings (SSSR count). The normalized spacial score (nSPS) is 32.5. The highest BCUT2D eigenvalue weighted by atomic mass is 19.3. The Morgan fingerprint density at radius 2 is 0.840 bits per heavy atom. The van der Waals surface area contributed by atoms with Gasteiger partial charge in [-0.1, -0.05) is 61.6 Å². The van der Waals surface area contributed by atoms with Gasteiger partial charge in [-0.05, 0) is 279 Å². The summed E-state index contributed by atoms with van der Waals surface area (Å²) in [5.74, 6) is 9.41. The maximum atomic E-state index is 13.8. The van der Waals surface area contributed by atoms with Gasteiger partial charge in [-0.15, -0.1) is 0 Å². The molecule has 8 N–H and O–H groups in total. The first-order valence-corrected chi connectivity index (χ1v) is 43.5. The number of aryl methyl sites for hydroxylation is 1. The van der Waals surface area contributed by atoms with Crippen molar-refractivity contribution in [3.63, 3.8) is 0 Å². The summed E-state index contributed by atoms with van der Waals surface area (Å²) in [6.45, 7) is 2.84. The molecule has 4 amide bonds. The predicted octanol–water partition coefficient (Wildman–Crippen LogP) is 12.5. The third kappa shape index (κ3) is 14.5. The van der Waals surface area contributed by atoms with Crippen LogP contribution in [0.5, 0.6) is 11.5 Å². The van der Waals surface area contributed by atoms with Gasteiger partial charge in [0.05, 0.1) is 57.3 Å². The number of nitrogens with two attached hydrogens (primary N) is 4. The molecule has 22 nitrogen and oxygen atoms in total. The number of halogens is 5. The van der Waals surface area contributed by atoms with Crippen molar-refractivity contribution >= 4 is 47.5 Å². The molecule has 4 heterocycles. The van der Waals surface area contributed by atoms with Crippen molar-refractivity contribution in [1.82, 2.24) is 19.6 Å². The van der Waals surface area contributed by atoms with Crippen LogP contribution in [0.1, 0.15) is 217 Å². The second-order valence-electron chi connectivity index (χ2n) is 36.5. The van der Waals surface area contributed by atoms with Gasteiger partial charge in [-0.3, -0.25) is 38.8 Å². The van der Waals surface area contributed by atoms with E-state index in [-0.39, 0.29) is 95.3 Å². The molecule has 27 heteroatoms. The molecule has 640 valence electrons. The van der Waals surface area contributed by atoms with E-state index in [1.807, 2.05) is 30.3 Å². The monoisotopic (exact) mass is 1640 g/mol. The van der Waals surface area contributed by atoms with Crippen molar-refractivity contribution in [2.45, 2.75) is 253 Å². The van der Waals surface area contributed by atoms with Crippen LogP contribution < -0.4 is 32.4 Å². The Kier molecular flexibility index (Phi) is 23.2. The van der Waals surface area contributed by atoms with Crippen molar-refractivity contribution in [3.05, 3.63) is 128 Å². The molecule has 0 radical (unpaired) electrons. The van der Waals surface area contributed by atoms with Crippen LogP contribution in [0.4, 0.5) is 22.0 Å². The molecular formula is C92H117F5N12O10. The third-order valence-electron chi connectivity index (χ3n) is 29.5. The second kappa shape index (κ2) is 32.9. The van der Waals surface area contributed by atoms with E-state index in [4.69, 9.17) is 71.3 Å². The van der Waals surface area contributed by atoms with E-state index >= 15 is 0 Å². The first-order chi connectivity index (χ1) is 57.3. The molecule has 5 atom stereocenters. The number of alkyl halides is 5. The number of ether oxygens (including phenoxy) is 6. The van der Waals surface area contributed by atoms with E-state index in [2.05, 4.69) is 61.2 Å². The van der Waals surface area contributed by atoms with Crippen molar-refractivity contribution < 1.29 is 69.6 Å². The Bertz CT molecular complexity index is 4730. The maximum Gasteiger partial charge on any atom is 0.262 e. The van der Waals surface area contributed by atoms with Crippen LogP contribution in [0.3, 0.4) is 0 Å². The Morgan fingerprint density at radius 1 is 0.471 bits per heavy atom. The number of rotatable bonds is 19. The van der Waals surface area contributed by atoms with Crippen LogP contribution in [0.2, 0.25) is 0 Å². The average molecular weight is 1650 g/mol. The summed E-state index contributed by atoms with van der Waals surface area (Å²) >= 11 is 0. The lowest BCUT2D eigenvalue weighted by molar-refractivity contribution is -0.140. The molecular weight excluding hydrogens is 1530 g/mol. The van der Waals surface area contributed by atoms with Crippen molar-refractivity contribution in [2.24, 2.45) is 82.3 Å². The van der Waals surface area contributed by atoms with Crippen LogP contribution in [-0.4, -0.2) is 179 Å². The minimum atomic E-state index is -2.68. The van der Waals surface area contributed by atoms with E-state index in [1.165, 1.54) is 71.3 Å². The zero-order valence-corrected chi connectivity index (χ0v) is 69.7. The summed E-state index contributed by atoms with van der Waals surface area (Å²) in [5, 5.41) is 0. The Labute approximate surface area is 694 Å². The zero-order chi connectivity index (χ0) is 83.8. The lowest BCUT2D eigenvalue weighted by Gasteiger charge is -2.45. The molecule has 4 aromatic rings. The molecule has 119 heavy (non-hydrogen) atoms. The van der Waals surface area contributed by atoms with Crippen LogP contribution in [0, 0.1) is 51.3 Å². The second-order valence-corrected chi connectivity index (χ2v) is 36.5. The molecule has 0 bridgehead atoms. The van der Waals surface area contributed by atoms with Gasteiger partial charge >= 0.3 is 0 Å². The largest absolute Gasteiger partial charge is 0.493 e. The molecule has 0 saturated heterocycles. The number of benzene rings is 4. The number of aliphatic imine (C=N–C) groups is 4. The van der Waals surface area contributed by atoms with Gasteiger partial charge in [-0.25, -0.2) is 41.9 Å². The number of likely N-dealkylation sites (N-methyl/N-ethyl adjacent to an activating group) is 1. The van der Waals surface area contributed by atoms with Gasteiger partial charge in [0, 0.05) is 61.5 Å². The van der Waals surface area contributed by atoms with Gasteiger partial charge in [0.15, 0.2) is 52.4 Å². The smallest absolute Gasteiger partial charge is 0.262 e. The highest BCUT2D eigenvalue weighted by Crippen LogP contribution is 2.67. The Hall–Kier alpha value is -8.71. The standard InChI is InChI=1S/C24H28FN3O2.C23H29F2N3O3.C23H30FN3O3.C22H30FN3O2/c1-15(25)30-19-9-11-23(12-10-19)14-18-8-7-17(6-5-16-3-4-16)13-20(18)24(23)21(29)28(2)22(26)27-24;1-30-16-6-8-22(9-7-16)11-15-4-5-17(31-13-14-2-3-14)10-18(15)23(22)20(29)28(12-19(24)25)21(26)27-23;1-29-17-6-8-22(9-7-17)13-16-4-5-18(30-14-15-2-3-15)12-19(16)23(22)20(28)27(11-10-24)21(25)26-23;1-3-4-15-5-6-16-14-21(9-7-17(28-2)8-10-21)22(18(16)13-15)19(27)26(12-11-23)20(24)25-22/h7-8,13,15-16,19H,3-4,9-12,14H2,1-2H3,(H2,26,27);4-5,10,14,16,19H,2-3,6-9,11-13H2,1H3,(H2,26,27);4-5,12,15,17H,2-3,6-11,13-14H2,1H3,(H2,25,26);5-6,13,17H,3-4,7-12,14H2,1-2H3,(H2,24,25)/t15?,19?,23?,24-;;;/m1.../s1. The van der Waals surface area contributed by atoms with E-state index in [9.17, 15) is 41.1 Å². The maximum absolute atomic E-state index is 13.8. The molecule has 0 aromatic heterocycles. The van der Waals surface area contributed by atoms with Crippen molar-refractivity contribution in [1.29, 1.82) is 0 Å². The number of carbonyl (C=O) groups is 4. The minimum absolute atomic E-state index is 0.0311. The van der Waals surface area contributed by atoms with Gasteiger partial charge < -0.3 is 51.4 Å². The van der Waals surface area contributed by atoms with E-state index in [0.29, 0.717) is 56.0 Å². The number of hydrogen-bond donors (Lipinski definition) is 4. The average Bonchev–Trinajstić information content (AvgIpc) is 1.55. The molecule has 7 saturated carbocycles. The zero-order valence-electron chi connectivity index (χ0n) is 69.7. The summed E-state index contributed by atoms with van der Waals surface area (Å²) in [6, 6.07) is 24.6. The first kappa shape index (κ1) is 83.9. The highest BCUT2D eigenvalue weighted by Gasteiger charge is 2.71. The lowest BCUT2D eigenvalue weighted by atomic mass is 9.61. The number of amides is 4. The topological polar surface area (TPSA) is 290 Å². The highest BCUT2D eigenvalue weighted by molar-refractivity contribution is 6.11. The number of guanidine groups is 4. The summed E-state index contributed by atoms with van der Waals surface area (Å²) in [6.07, 6.45) is 21.6. The van der Waals surface area contributed by atoms with Crippen LogP contribution in [0.15, 0.2) is 92.8 Å². The number of hydrogen-bond acceptors (Lipinski definition) is 18. The predicted molar refractivity (Wildman–Crippen MR) is 441 cm³/mol. The van der Waals surface area contributed by atoms with Crippen molar-refractivity contribution in [2.75, 3.05) is 74.6 Å². The van der Waals surface area contributed by atoms with Crippen LogP contribution in [-0.2, 0) is 92.4 Å². The number of nitrogens with zero attached hydrogens (tertiary/aromatic N) is 8. The summed E-state index contributed by atoms with van der Waals surface area (Å²) < 4.78 is 100. The van der Waals surface area contributed by atoms with Crippen molar-refractivity contribution in [3.8, 4) is 23.3 Å². The molecule has 7 fully saturated rings. The number of carbonyl (C=O) groups excluding carboxylic acids is 4. The van der Waals surface area contributed by atoms with Gasteiger partial charge in [-0.2, -0.15) is 0 Å². The summed E-state index contributed by atoms with van der Waals surface area (Å²) in [5.41, 5.74) is 28.9. The quantitative estimate of drug-likeness (QED) is 0.0502. The Morgan fingerprint density at radius 3 is 1.21 bits per heavy atom. The molecule has 8 spiro atoms. The minimum Gasteiger partial charge on any atom is -0.493 e. The number of methoxy groups -OCH3 is 3. The van der Waals surface area contributed by atoms with Crippen LogP contribution in [0.25, 0.3) is 0 Å². The summed E-state index contributed by atoms with van der Waals surface area (Å²) in [7, 11) is 6.88. The SMILES string of the molecule is CC(F)OC1CCC2(CC1)Cc1ccc(C#CC3CC3)cc1[C@]21N=C(N)N(C)C1=O.CCCc1ccc2c(c1)C1(N=C(N)N(CCF)C1=O)C1(CCC(OC)CC1)C2.COC1CCC2(CC1)Cc1ccc(OCC3CC3)cc1C21N=C(N)N(CC(F)F)C1=O.COC1CCC2(CC1)Cc1ccc(OCC3CC3)cc1C21N=C(N)N(CCF)C1=O. The molecule has 15 aliphatic rings. The molecule has 11 aliphatic carbocycles. The fourth-order valence-corrected chi connectivity index (χ4v) is 22.7. The van der Waals surface area contributed by atoms with Crippen LogP contribution >= 0.6 is 0 Å². The van der Waals surface area contributed by atoms with Gasteiger partial charge in [0.2, 0.25) is 0 Å². The Balaban J connectivity index is 0.000000118. The fourth-order valence-electron chi connectivity index (χ4n) is 22.7. The molecule has 4 aliphatic heterocycles. The third-order valence-corrected chi connectivity index (χ3v) is 29.5. The summed E-state index contributed by atoms with van der Waals surface area (Å²) in [4.78, 5) is 79.3. The van der Waals surface area contributed by atoms with E-state index < -0.39 is 66.2 Å². The van der Waals surface area contributed by atoms with Gasteiger partial charge in [0.25, 0.3) is 30.1 Å². The van der Waals surface area contributed by atoms with Gasteiger partial charge in [0.1, 0.15) is 24.8 Å². The fraction of sp³-hybridized carbons (Fsp3) is 0.630. The van der Waals surface area contributed by atoms with E-state index in [1.54, 1.807) is 28.4 Å². The number of fused-ring (bicyclic) bond motifs is 12.